The number of fused-ring (bicyclic) bond motifs is 3. The van der Waals surface area contributed by atoms with E-state index in [4.69, 9.17) is 0 Å². The molecule has 10 nitrogen and oxygen atoms in total. The van der Waals surface area contributed by atoms with E-state index in [9.17, 15) is 34.4 Å². The Morgan fingerprint density at radius 3 is 1.88 bits per heavy atom. The molecule has 1 heterocycles. The van der Waals surface area contributed by atoms with E-state index in [0.717, 1.165) is 6.07 Å². The third-order valence-corrected chi connectivity index (χ3v) is 6.24. The Morgan fingerprint density at radius 1 is 0.760 bits per heavy atom. The number of hydrogen-bond acceptors (Lipinski definition) is 6. The molecule has 134 valence electrons. The predicted molar refractivity (Wildman–Crippen MR) is 87.7 cm³/mol. The zero-order chi connectivity index (χ0) is 18.6. The van der Waals surface area contributed by atoms with E-state index in [2.05, 4.69) is 4.72 Å². The smallest absolute Gasteiger partial charge is 0.282 e. The monoisotopic (exact) mass is 406 g/mol. The summed E-state index contributed by atoms with van der Waals surface area (Å²) in [6.07, 6.45) is 0. The summed E-state index contributed by atoms with van der Waals surface area (Å²) in [4.78, 5) is -2.24. The maximum atomic E-state index is 12.0. The van der Waals surface area contributed by atoms with Crippen LogP contribution in [0, 0.1) is 0 Å². The first kappa shape index (κ1) is 17.6. The molecule has 25 heavy (non-hydrogen) atoms. The van der Waals surface area contributed by atoms with Crippen molar-refractivity contribution in [3.8, 4) is 11.1 Å². The van der Waals surface area contributed by atoms with Gasteiger partial charge in [-0.15, -0.1) is 0 Å². The van der Waals surface area contributed by atoms with Crippen LogP contribution in [0.2, 0.25) is 0 Å². The lowest BCUT2D eigenvalue weighted by molar-refractivity contribution is 0.466. The van der Waals surface area contributed by atoms with Crippen LogP contribution in [0.3, 0.4) is 0 Å². The summed E-state index contributed by atoms with van der Waals surface area (Å²) in [5.41, 5.74) is 0.0363. The molecule has 0 radical (unpaired) electrons. The Labute approximate surface area is 143 Å². The van der Waals surface area contributed by atoms with Gasteiger partial charge in [-0.1, -0.05) is 18.2 Å². The molecule has 0 unspecified atom stereocenters. The summed E-state index contributed by atoms with van der Waals surface area (Å²) in [6.45, 7) is 0. The largest absolute Gasteiger partial charge is 0.321 e. The highest BCUT2D eigenvalue weighted by Crippen LogP contribution is 2.40. The Hall–Kier alpha value is -2.19. The molecule has 0 bridgehead atoms. The lowest BCUT2D eigenvalue weighted by Gasteiger charge is -2.12. The van der Waals surface area contributed by atoms with Crippen LogP contribution in [0.15, 0.2) is 46.2 Å². The first-order valence-corrected chi connectivity index (χ1v) is 10.8. The third kappa shape index (κ3) is 3.32. The zero-order valence-electron chi connectivity index (χ0n) is 12.0. The predicted octanol–water partition coefficient (Wildman–Crippen LogP) is 0.929. The second kappa shape index (κ2) is 5.40. The Morgan fingerprint density at radius 2 is 1.28 bits per heavy atom. The average Bonchev–Trinajstić information content (AvgIpc) is 2.55. The summed E-state index contributed by atoms with van der Waals surface area (Å²) in [6, 6.07) is 7.34. The molecular weight excluding hydrogens is 396 g/mol. The Kier molecular flexibility index (Phi) is 3.81. The van der Waals surface area contributed by atoms with Crippen molar-refractivity contribution in [1.29, 1.82) is 0 Å². The molecule has 1 aliphatic rings. The third-order valence-electron chi connectivity index (χ3n) is 3.35. The van der Waals surface area contributed by atoms with Crippen LogP contribution in [-0.4, -0.2) is 34.4 Å². The summed E-state index contributed by atoms with van der Waals surface area (Å²) < 4.78 is 92.9. The number of para-hydroxylation sites is 1. The lowest BCUT2D eigenvalue weighted by atomic mass is 10.0. The van der Waals surface area contributed by atoms with Crippen molar-refractivity contribution in [3.05, 3.63) is 36.4 Å². The van der Waals surface area contributed by atoms with E-state index in [-0.39, 0.29) is 22.5 Å². The van der Waals surface area contributed by atoms with Crippen LogP contribution >= 0.6 is 0 Å². The second-order valence-electron chi connectivity index (χ2n) is 5.05. The molecule has 0 spiro atoms. The number of nitrogens with one attached hydrogen (secondary N) is 2. The molecule has 0 saturated heterocycles. The minimum atomic E-state index is -5.07. The normalized spacial score (nSPS) is 15.9. The summed E-state index contributed by atoms with van der Waals surface area (Å²) in [5, 5.41) is 0. The molecule has 0 fully saturated rings. The van der Waals surface area contributed by atoms with Crippen molar-refractivity contribution in [1.82, 2.24) is 0 Å². The second-order valence-corrected chi connectivity index (χ2v) is 9.24. The van der Waals surface area contributed by atoms with Gasteiger partial charge in [-0.2, -0.15) is 25.3 Å². The molecule has 2 aromatic carbocycles. The first-order valence-electron chi connectivity index (χ1n) is 6.41. The van der Waals surface area contributed by atoms with E-state index < -0.39 is 40.2 Å². The van der Waals surface area contributed by atoms with Gasteiger partial charge in [0.15, 0.2) is 0 Å². The lowest BCUT2D eigenvalue weighted by Crippen LogP contribution is -2.20. The fourth-order valence-electron chi connectivity index (χ4n) is 2.39. The van der Waals surface area contributed by atoms with Crippen molar-refractivity contribution in [2.45, 2.75) is 9.79 Å². The van der Waals surface area contributed by atoms with Crippen molar-refractivity contribution in [2.75, 3.05) is 9.44 Å². The van der Waals surface area contributed by atoms with Gasteiger partial charge in [-0.3, -0.25) is 18.5 Å². The summed E-state index contributed by atoms with van der Waals surface area (Å²) >= 11 is 0. The van der Waals surface area contributed by atoms with Crippen LogP contribution in [0.1, 0.15) is 0 Å². The van der Waals surface area contributed by atoms with Gasteiger partial charge >= 0.3 is 10.2 Å². The molecule has 3 rings (SSSR count). The molecule has 4 N–H and O–H groups in total. The van der Waals surface area contributed by atoms with Crippen molar-refractivity contribution >= 4 is 41.8 Å². The molecule has 0 atom stereocenters. The molecule has 1 aliphatic heterocycles. The Bertz CT molecular complexity index is 1200. The van der Waals surface area contributed by atoms with Crippen LogP contribution in [0.5, 0.6) is 0 Å². The maximum Gasteiger partial charge on any atom is 0.321 e. The van der Waals surface area contributed by atoms with E-state index in [0.29, 0.717) is 6.07 Å². The van der Waals surface area contributed by atoms with E-state index in [1.54, 1.807) is 6.07 Å². The minimum Gasteiger partial charge on any atom is -0.282 e. The molecule has 2 aromatic rings. The maximum absolute atomic E-state index is 12.0. The Balaban J connectivity index is 2.49. The average molecular weight is 406 g/mol. The minimum absolute atomic E-state index is 0.01000. The van der Waals surface area contributed by atoms with Crippen LogP contribution in [0.4, 0.5) is 11.4 Å². The standard InChI is InChI=1S/C12H10N2O8S3/c15-23(16,17)11-5-8-7-3-1-2-4-9(7)13-25(21,22)14-10(8)6-12(11)24(18,19)20/h1-6,13-14H,(H,15,16,17)(H,18,19,20). The van der Waals surface area contributed by atoms with E-state index >= 15 is 0 Å². The van der Waals surface area contributed by atoms with Gasteiger partial charge in [0.1, 0.15) is 9.79 Å². The van der Waals surface area contributed by atoms with E-state index in [1.807, 2.05) is 4.72 Å². The SMILES string of the molecule is O=S1(=O)Nc2ccccc2-c2cc(S(=O)(=O)O)c(S(=O)(=O)O)cc2N1. The highest BCUT2D eigenvalue weighted by Gasteiger charge is 2.30. The van der Waals surface area contributed by atoms with Crippen LogP contribution in [-0.2, 0) is 30.4 Å². The molecule has 0 aliphatic carbocycles. The number of rotatable bonds is 2. The molecule has 13 heteroatoms. The topological polar surface area (TPSA) is 167 Å². The number of hydrogen-bond donors (Lipinski definition) is 4. The van der Waals surface area contributed by atoms with Gasteiger partial charge in [-0.05, 0) is 18.2 Å². The molecule has 0 amide bonds. The summed E-state index contributed by atoms with van der Waals surface area (Å²) in [7, 11) is -14.2. The van der Waals surface area contributed by atoms with Crippen molar-refractivity contribution in [3.63, 3.8) is 0 Å². The van der Waals surface area contributed by atoms with Gasteiger partial charge in [-0.25, -0.2) is 0 Å². The quantitative estimate of drug-likeness (QED) is 0.534. The van der Waals surface area contributed by atoms with Gasteiger partial charge < -0.3 is 0 Å². The zero-order valence-corrected chi connectivity index (χ0v) is 14.5. The van der Waals surface area contributed by atoms with Crippen LogP contribution in [0.25, 0.3) is 11.1 Å². The van der Waals surface area contributed by atoms with Crippen LogP contribution < -0.4 is 9.44 Å². The summed E-state index contributed by atoms with van der Waals surface area (Å²) in [5.74, 6) is 0. The van der Waals surface area contributed by atoms with Crippen molar-refractivity contribution < 1.29 is 34.4 Å². The fraction of sp³-hybridized carbons (Fsp3) is 0. The molecular formula is C12H10N2O8S3. The van der Waals surface area contributed by atoms with E-state index in [1.165, 1.54) is 18.2 Å². The molecule has 0 saturated carbocycles. The number of benzene rings is 2. The highest BCUT2D eigenvalue weighted by molar-refractivity contribution is 7.94. The number of anilines is 2. The molecule has 0 aromatic heterocycles. The first-order chi connectivity index (χ1) is 11.4. The van der Waals surface area contributed by atoms with Gasteiger partial charge in [0.25, 0.3) is 20.2 Å². The van der Waals surface area contributed by atoms with Gasteiger partial charge in [0.2, 0.25) is 0 Å². The van der Waals surface area contributed by atoms with Gasteiger partial charge in [0.05, 0.1) is 11.4 Å². The van der Waals surface area contributed by atoms with Crippen molar-refractivity contribution in [2.24, 2.45) is 0 Å². The van der Waals surface area contributed by atoms with Gasteiger partial charge in [0, 0.05) is 11.1 Å². The highest BCUT2D eigenvalue weighted by atomic mass is 32.2. The fourth-order valence-corrected chi connectivity index (χ4v) is 5.16.